The Kier molecular flexibility index (Phi) is 3.84. The van der Waals surface area contributed by atoms with E-state index in [9.17, 15) is 9.59 Å². The van der Waals surface area contributed by atoms with Crippen molar-refractivity contribution in [1.82, 2.24) is 0 Å². The number of carbonyl (C=O) groups is 2. The molecule has 1 aliphatic heterocycles. The Morgan fingerprint density at radius 3 is 1.57 bits per heavy atom. The van der Waals surface area contributed by atoms with Crippen LogP contribution in [0.4, 0.5) is 0 Å². The van der Waals surface area contributed by atoms with Gasteiger partial charge in [0.25, 0.3) is 0 Å². The molecule has 0 amide bonds. The fourth-order valence-electron chi connectivity index (χ4n) is 0.974. The topological polar surface area (TPSA) is 71.1 Å². The summed E-state index contributed by atoms with van der Waals surface area (Å²) >= 11 is 0. The first kappa shape index (κ1) is 10.9. The molecule has 0 unspecified atom stereocenters. The van der Waals surface area contributed by atoms with Gasteiger partial charge in [-0.2, -0.15) is 0 Å². The highest BCUT2D eigenvalue weighted by Gasteiger charge is 2.25. The number of rotatable bonds is 2. The summed E-state index contributed by atoms with van der Waals surface area (Å²) in [5, 5.41) is 0. The smallest absolute Gasteiger partial charge is 0.305 e. The van der Waals surface area contributed by atoms with Gasteiger partial charge in [0, 0.05) is 13.8 Å². The van der Waals surface area contributed by atoms with Gasteiger partial charge in [0.2, 0.25) is 12.6 Å². The Balaban J connectivity index is 2.24. The van der Waals surface area contributed by atoms with Gasteiger partial charge < -0.3 is 18.9 Å². The first-order valence-electron chi connectivity index (χ1n) is 4.15. The molecule has 0 aromatic heterocycles. The third-order valence-corrected chi connectivity index (χ3v) is 1.43. The molecular weight excluding hydrogens is 192 g/mol. The standard InChI is InChI=1S/C8H12O6/c1-5(9)13-7-3-12-8(4-11-7)14-6(2)10/h7-8H,3-4H2,1-2H3/t7-,8-/m1/s1. The third-order valence-electron chi connectivity index (χ3n) is 1.43. The van der Waals surface area contributed by atoms with Gasteiger partial charge in [-0.05, 0) is 0 Å². The predicted molar refractivity (Wildman–Crippen MR) is 43.0 cm³/mol. The van der Waals surface area contributed by atoms with Crippen molar-refractivity contribution in [1.29, 1.82) is 0 Å². The minimum atomic E-state index is -0.709. The van der Waals surface area contributed by atoms with Gasteiger partial charge in [0.05, 0.1) is 0 Å². The van der Waals surface area contributed by atoms with E-state index in [0.29, 0.717) is 0 Å². The zero-order chi connectivity index (χ0) is 10.6. The van der Waals surface area contributed by atoms with E-state index in [1.54, 1.807) is 0 Å². The van der Waals surface area contributed by atoms with Gasteiger partial charge in [-0.3, -0.25) is 9.59 Å². The van der Waals surface area contributed by atoms with Crippen LogP contribution in [-0.2, 0) is 28.5 Å². The number of esters is 2. The summed E-state index contributed by atoms with van der Waals surface area (Å²) in [5.41, 5.74) is 0. The molecule has 2 atom stereocenters. The van der Waals surface area contributed by atoms with Crippen LogP contribution in [0, 0.1) is 0 Å². The Hall–Kier alpha value is -1.14. The number of carbonyl (C=O) groups excluding carboxylic acids is 2. The first-order valence-corrected chi connectivity index (χ1v) is 4.15. The van der Waals surface area contributed by atoms with Gasteiger partial charge in [0.1, 0.15) is 13.2 Å². The second kappa shape index (κ2) is 4.92. The van der Waals surface area contributed by atoms with Crippen molar-refractivity contribution in [3.8, 4) is 0 Å². The van der Waals surface area contributed by atoms with Gasteiger partial charge in [-0.15, -0.1) is 0 Å². The van der Waals surface area contributed by atoms with E-state index in [-0.39, 0.29) is 13.2 Å². The predicted octanol–water partition coefficient (Wildman–Crippen LogP) is -0.188. The maximum atomic E-state index is 10.5. The van der Waals surface area contributed by atoms with Crippen molar-refractivity contribution in [3.63, 3.8) is 0 Å². The van der Waals surface area contributed by atoms with Crippen molar-refractivity contribution in [3.05, 3.63) is 0 Å². The molecule has 1 fully saturated rings. The van der Waals surface area contributed by atoms with Crippen LogP contribution in [0.2, 0.25) is 0 Å². The van der Waals surface area contributed by atoms with Crippen LogP contribution >= 0.6 is 0 Å². The zero-order valence-electron chi connectivity index (χ0n) is 8.02. The summed E-state index contributed by atoms with van der Waals surface area (Å²) in [5.74, 6) is -0.880. The van der Waals surface area contributed by atoms with E-state index in [2.05, 4.69) is 0 Å². The molecule has 6 heteroatoms. The molecular formula is C8H12O6. The van der Waals surface area contributed by atoms with Crippen LogP contribution in [0.1, 0.15) is 13.8 Å². The van der Waals surface area contributed by atoms with Crippen molar-refractivity contribution in [2.45, 2.75) is 26.4 Å². The summed E-state index contributed by atoms with van der Waals surface area (Å²) in [4.78, 5) is 21.1. The molecule has 0 N–H and O–H groups in total. The molecule has 0 saturated carbocycles. The lowest BCUT2D eigenvalue weighted by Gasteiger charge is -2.27. The Morgan fingerprint density at radius 2 is 1.36 bits per heavy atom. The molecule has 0 aromatic carbocycles. The highest BCUT2D eigenvalue weighted by molar-refractivity contribution is 5.66. The highest BCUT2D eigenvalue weighted by Crippen LogP contribution is 2.09. The molecule has 14 heavy (non-hydrogen) atoms. The van der Waals surface area contributed by atoms with E-state index in [1.807, 2.05) is 0 Å². The fraction of sp³-hybridized carbons (Fsp3) is 0.750. The lowest BCUT2D eigenvalue weighted by atomic mass is 10.5. The Bertz CT molecular complexity index is 194. The molecule has 1 rings (SSSR count). The van der Waals surface area contributed by atoms with Crippen LogP contribution < -0.4 is 0 Å². The Morgan fingerprint density at radius 1 is 1.00 bits per heavy atom. The molecule has 80 valence electrons. The van der Waals surface area contributed by atoms with Gasteiger partial charge in [-0.25, -0.2) is 0 Å². The molecule has 0 spiro atoms. The first-order chi connectivity index (χ1) is 6.58. The van der Waals surface area contributed by atoms with Crippen LogP contribution in [0.5, 0.6) is 0 Å². The summed E-state index contributed by atoms with van der Waals surface area (Å²) in [7, 11) is 0. The summed E-state index contributed by atoms with van der Waals surface area (Å²) in [6.45, 7) is 2.69. The number of ether oxygens (including phenoxy) is 4. The lowest BCUT2D eigenvalue weighted by molar-refractivity contribution is -0.275. The number of hydrogen-bond acceptors (Lipinski definition) is 6. The van der Waals surface area contributed by atoms with E-state index in [1.165, 1.54) is 13.8 Å². The second-order valence-electron chi connectivity index (χ2n) is 2.74. The summed E-state index contributed by atoms with van der Waals surface area (Å²) < 4.78 is 19.5. The molecule has 0 bridgehead atoms. The lowest BCUT2D eigenvalue weighted by Crippen LogP contribution is -2.39. The minimum absolute atomic E-state index is 0.0670. The molecule has 0 aromatic rings. The van der Waals surface area contributed by atoms with Crippen molar-refractivity contribution in [2.24, 2.45) is 0 Å². The quantitative estimate of drug-likeness (QED) is 0.580. The van der Waals surface area contributed by atoms with Gasteiger partial charge >= 0.3 is 11.9 Å². The van der Waals surface area contributed by atoms with E-state index < -0.39 is 24.5 Å². The van der Waals surface area contributed by atoms with E-state index >= 15 is 0 Å². The molecule has 1 heterocycles. The monoisotopic (exact) mass is 204 g/mol. The van der Waals surface area contributed by atoms with Crippen molar-refractivity contribution >= 4 is 11.9 Å². The molecule has 6 nitrogen and oxygen atoms in total. The van der Waals surface area contributed by atoms with E-state index in [0.717, 1.165) is 0 Å². The van der Waals surface area contributed by atoms with Crippen LogP contribution in [-0.4, -0.2) is 37.7 Å². The van der Waals surface area contributed by atoms with Gasteiger partial charge in [-0.1, -0.05) is 0 Å². The largest absolute Gasteiger partial charge is 0.433 e. The number of hydrogen-bond donors (Lipinski definition) is 0. The van der Waals surface area contributed by atoms with Crippen molar-refractivity contribution < 1.29 is 28.5 Å². The second-order valence-corrected chi connectivity index (χ2v) is 2.74. The average molecular weight is 204 g/mol. The highest BCUT2D eigenvalue weighted by atomic mass is 16.8. The zero-order valence-corrected chi connectivity index (χ0v) is 8.02. The molecule has 0 radical (unpaired) electrons. The maximum Gasteiger partial charge on any atom is 0.305 e. The SMILES string of the molecule is CC(=O)O[C@@H]1CO[C@H](OC(C)=O)CO1. The molecule has 1 aliphatic rings. The van der Waals surface area contributed by atoms with Crippen LogP contribution in [0.25, 0.3) is 0 Å². The summed E-state index contributed by atoms with van der Waals surface area (Å²) in [6.07, 6.45) is -1.42. The Labute approximate surface area is 81.1 Å². The summed E-state index contributed by atoms with van der Waals surface area (Å²) in [6, 6.07) is 0. The maximum absolute atomic E-state index is 10.5. The van der Waals surface area contributed by atoms with E-state index in [4.69, 9.17) is 18.9 Å². The van der Waals surface area contributed by atoms with Crippen LogP contribution in [0.3, 0.4) is 0 Å². The van der Waals surface area contributed by atoms with Crippen LogP contribution in [0.15, 0.2) is 0 Å². The normalized spacial score (nSPS) is 26.7. The third kappa shape index (κ3) is 3.71. The van der Waals surface area contributed by atoms with Crippen molar-refractivity contribution in [2.75, 3.05) is 13.2 Å². The fourth-order valence-corrected chi connectivity index (χ4v) is 0.974. The molecule has 1 saturated heterocycles. The van der Waals surface area contributed by atoms with Gasteiger partial charge in [0.15, 0.2) is 0 Å². The minimum Gasteiger partial charge on any atom is -0.433 e. The molecule has 0 aliphatic carbocycles. The average Bonchev–Trinajstić information content (AvgIpc) is 2.06.